The third-order valence-electron chi connectivity index (χ3n) is 3.42. The van der Waals surface area contributed by atoms with Crippen molar-refractivity contribution in [3.8, 4) is 5.75 Å². The van der Waals surface area contributed by atoms with Crippen molar-refractivity contribution in [1.29, 1.82) is 0 Å². The summed E-state index contributed by atoms with van der Waals surface area (Å²) in [4.78, 5) is 44.7. The third-order valence-corrected chi connectivity index (χ3v) is 3.42. The molecule has 0 spiro atoms. The van der Waals surface area contributed by atoms with E-state index in [9.17, 15) is 29.8 Å². The highest BCUT2D eigenvalue weighted by Gasteiger charge is 2.35. The fourth-order valence-corrected chi connectivity index (χ4v) is 2.37. The largest absolute Gasteiger partial charge is 0.485 e. The molecular formula is C14H12N2O9. The number of nitrogens with zero attached hydrogens (tertiary/aromatic N) is 2. The van der Waals surface area contributed by atoms with Gasteiger partial charge in [0, 0.05) is 10.9 Å². The number of aryl methyl sites for hydroxylation is 1. The lowest BCUT2D eigenvalue weighted by Gasteiger charge is -2.09. The minimum Gasteiger partial charge on any atom is -0.485 e. The summed E-state index contributed by atoms with van der Waals surface area (Å²) in [6, 6.07) is 0.980. The van der Waals surface area contributed by atoms with Crippen molar-refractivity contribution in [3.05, 3.63) is 47.8 Å². The molecule has 0 unspecified atom stereocenters. The Morgan fingerprint density at radius 2 is 1.84 bits per heavy atom. The van der Waals surface area contributed by atoms with Crippen LogP contribution >= 0.6 is 0 Å². The molecule has 0 radical (unpaired) electrons. The predicted octanol–water partition coefficient (Wildman–Crippen LogP) is 2.10. The zero-order chi connectivity index (χ0) is 18.9. The molecule has 0 N–H and O–H groups in total. The van der Waals surface area contributed by atoms with E-state index >= 15 is 0 Å². The Bertz CT molecular complexity index is 961. The summed E-state index contributed by atoms with van der Waals surface area (Å²) in [6.45, 7) is 2.80. The highest BCUT2D eigenvalue weighted by molar-refractivity contribution is 5.99. The van der Waals surface area contributed by atoms with Crippen molar-refractivity contribution in [2.24, 2.45) is 0 Å². The maximum absolute atomic E-state index is 12.0. The van der Waals surface area contributed by atoms with Gasteiger partial charge in [-0.05, 0) is 19.9 Å². The Morgan fingerprint density at radius 1 is 1.24 bits per heavy atom. The van der Waals surface area contributed by atoms with Gasteiger partial charge in [-0.15, -0.1) is 0 Å². The van der Waals surface area contributed by atoms with Crippen LogP contribution in [0.2, 0.25) is 0 Å². The second-order valence-corrected chi connectivity index (χ2v) is 4.78. The average molecular weight is 352 g/mol. The van der Waals surface area contributed by atoms with Crippen molar-refractivity contribution < 1.29 is 28.5 Å². The number of rotatable bonds is 5. The van der Waals surface area contributed by atoms with E-state index in [0.29, 0.717) is 0 Å². The molecule has 1 heterocycles. The lowest BCUT2D eigenvalue weighted by molar-refractivity contribution is -0.395. The molecule has 1 aromatic carbocycles. The molecule has 0 bridgehead atoms. The van der Waals surface area contributed by atoms with Crippen LogP contribution in [-0.4, -0.2) is 29.5 Å². The molecule has 0 saturated heterocycles. The van der Waals surface area contributed by atoms with Gasteiger partial charge < -0.3 is 13.9 Å². The number of hydrogen-bond acceptors (Lipinski definition) is 9. The van der Waals surface area contributed by atoms with Crippen LogP contribution in [0.1, 0.15) is 22.8 Å². The van der Waals surface area contributed by atoms with Gasteiger partial charge in [0.25, 0.3) is 5.75 Å². The highest BCUT2D eigenvalue weighted by atomic mass is 16.6. The second-order valence-electron chi connectivity index (χ2n) is 4.78. The molecule has 0 saturated carbocycles. The van der Waals surface area contributed by atoms with Crippen LogP contribution < -0.4 is 10.4 Å². The Balaban J connectivity index is 3.03. The molecule has 0 aliphatic heterocycles. The van der Waals surface area contributed by atoms with Crippen LogP contribution in [0.25, 0.3) is 11.0 Å². The zero-order valence-corrected chi connectivity index (χ0v) is 13.4. The summed E-state index contributed by atoms with van der Waals surface area (Å²) in [5.74, 6) is -1.65. The van der Waals surface area contributed by atoms with E-state index in [4.69, 9.17) is 13.9 Å². The molecule has 0 amide bonds. The van der Waals surface area contributed by atoms with E-state index < -0.39 is 49.7 Å². The maximum atomic E-state index is 12.0. The van der Waals surface area contributed by atoms with E-state index in [2.05, 4.69) is 0 Å². The van der Waals surface area contributed by atoms with E-state index in [0.717, 1.165) is 13.2 Å². The average Bonchev–Trinajstić information content (AvgIpc) is 2.53. The van der Waals surface area contributed by atoms with Crippen molar-refractivity contribution in [1.82, 2.24) is 0 Å². The Hall–Kier alpha value is -3.50. The first kappa shape index (κ1) is 17.8. The molecular weight excluding hydrogens is 340 g/mol. The fourth-order valence-electron chi connectivity index (χ4n) is 2.37. The van der Waals surface area contributed by atoms with Gasteiger partial charge in [0.05, 0.1) is 23.6 Å². The summed E-state index contributed by atoms with van der Waals surface area (Å²) >= 11 is 0. The first-order valence-corrected chi connectivity index (χ1v) is 6.88. The first-order valence-electron chi connectivity index (χ1n) is 6.88. The van der Waals surface area contributed by atoms with Gasteiger partial charge in [-0.25, -0.2) is 9.59 Å². The van der Waals surface area contributed by atoms with Gasteiger partial charge in [-0.1, -0.05) is 0 Å². The van der Waals surface area contributed by atoms with E-state index in [1.165, 1.54) is 13.8 Å². The van der Waals surface area contributed by atoms with Crippen LogP contribution in [0.15, 0.2) is 15.3 Å². The third kappa shape index (κ3) is 2.86. The van der Waals surface area contributed by atoms with E-state index in [1.54, 1.807) is 0 Å². The molecule has 2 aromatic rings. The topological polar surface area (TPSA) is 152 Å². The molecule has 25 heavy (non-hydrogen) atoms. The first-order chi connectivity index (χ1) is 11.7. The monoisotopic (exact) mass is 352 g/mol. The Morgan fingerprint density at radius 3 is 2.32 bits per heavy atom. The Kier molecular flexibility index (Phi) is 4.68. The van der Waals surface area contributed by atoms with Crippen molar-refractivity contribution in [2.45, 2.75) is 13.8 Å². The molecule has 0 atom stereocenters. The Labute approximate surface area is 139 Å². The number of hydrogen-bond donors (Lipinski definition) is 0. The number of benzene rings is 1. The molecule has 0 aliphatic carbocycles. The number of esters is 1. The van der Waals surface area contributed by atoms with Gasteiger partial charge in [-0.2, -0.15) is 0 Å². The maximum Gasteiger partial charge on any atom is 0.361 e. The van der Waals surface area contributed by atoms with Gasteiger partial charge in [-0.3, -0.25) is 20.2 Å². The summed E-state index contributed by atoms with van der Waals surface area (Å²) in [5, 5.41) is 22.6. The zero-order valence-electron chi connectivity index (χ0n) is 13.4. The molecule has 132 valence electrons. The van der Waals surface area contributed by atoms with Crippen LogP contribution in [0.4, 0.5) is 11.4 Å². The highest BCUT2D eigenvalue weighted by Crippen LogP contribution is 2.45. The minimum atomic E-state index is -1.16. The van der Waals surface area contributed by atoms with Crippen molar-refractivity contribution in [2.75, 3.05) is 13.7 Å². The van der Waals surface area contributed by atoms with E-state index in [1.807, 2.05) is 0 Å². The molecule has 1 aromatic heterocycles. The van der Waals surface area contributed by atoms with Crippen molar-refractivity contribution in [3.63, 3.8) is 0 Å². The van der Waals surface area contributed by atoms with Crippen LogP contribution in [0, 0.1) is 27.2 Å². The smallest absolute Gasteiger partial charge is 0.361 e. The standard InChI is InChI=1S/C14H12N2O9/c1-4-24-13(17)8-5-7-6(2)9(15(19)20)12(23-3)10(16(21)22)11(7)25-14(8)18/h5H,4H2,1-3H3. The van der Waals surface area contributed by atoms with Crippen molar-refractivity contribution >= 4 is 28.3 Å². The molecule has 11 heteroatoms. The lowest BCUT2D eigenvalue weighted by atomic mass is 10.0. The molecule has 0 aliphatic rings. The summed E-state index contributed by atoms with van der Waals surface area (Å²) in [6.07, 6.45) is 0. The van der Waals surface area contributed by atoms with Crippen LogP contribution in [0.3, 0.4) is 0 Å². The second kappa shape index (κ2) is 6.55. The number of nitro benzene ring substituents is 2. The fraction of sp³-hybridized carbons (Fsp3) is 0.286. The number of carbonyl (C=O) groups excluding carboxylic acids is 1. The molecule has 2 rings (SSSR count). The quantitative estimate of drug-likeness (QED) is 0.340. The number of methoxy groups -OCH3 is 1. The van der Waals surface area contributed by atoms with Crippen LogP contribution in [0.5, 0.6) is 5.75 Å². The molecule has 0 fully saturated rings. The summed E-state index contributed by atoms with van der Waals surface area (Å²) in [7, 11) is 1.02. The van der Waals surface area contributed by atoms with Crippen LogP contribution in [-0.2, 0) is 4.74 Å². The summed E-state index contributed by atoms with van der Waals surface area (Å²) in [5.41, 5.74) is -3.80. The minimum absolute atomic E-state index is 0.0157. The SMILES string of the molecule is CCOC(=O)c1cc2c(C)c([N+](=O)[O-])c(OC)c([N+](=O)[O-])c2oc1=O. The summed E-state index contributed by atoms with van der Waals surface area (Å²) < 4.78 is 14.4. The van der Waals surface area contributed by atoms with Gasteiger partial charge >= 0.3 is 23.0 Å². The number of carbonyl (C=O) groups is 1. The number of fused-ring (bicyclic) bond motifs is 1. The predicted molar refractivity (Wildman–Crippen MR) is 83.0 cm³/mol. The number of ether oxygens (including phenoxy) is 2. The van der Waals surface area contributed by atoms with Gasteiger partial charge in [0.1, 0.15) is 5.56 Å². The molecule has 11 nitrogen and oxygen atoms in total. The van der Waals surface area contributed by atoms with Gasteiger partial charge in [0.15, 0.2) is 0 Å². The normalized spacial score (nSPS) is 10.5. The lowest BCUT2D eigenvalue weighted by Crippen LogP contribution is -2.17. The number of nitro groups is 2. The van der Waals surface area contributed by atoms with Gasteiger partial charge in [0.2, 0.25) is 5.58 Å². The van der Waals surface area contributed by atoms with E-state index in [-0.39, 0.29) is 17.6 Å².